The molecule has 0 N–H and O–H groups in total. The van der Waals surface area contributed by atoms with Crippen molar-refractivity contribution in [3.8, 4) is 0 Å². The number of azo groups is 1. The van der Waals surface area contributed by atoms with Gasteiger partial charge in [-0.05, 0) is 36.6 Å². The van der Waals surface area contributed by atoms with E-state index in [0.29, 0.717) is 0 Å². The van der Waals surface area contributed by atoms with E-state index in [2.05, 4.69) is 63.0 Å². The Balaban J connectivity index is 2.17. The third kappa shape index (κ3) is 2.96. The average Bonchev–Trinajstić information content (AvgIpc) is 2.92. The van der Waals surface area contributed by atoms with Crippen molar-refractivity contribution >= 4 is 17.2 Å². The van der Waals surface area contributed by atoms with Crippen LogP contribution in [0.5, 0.6) is 0 Å². The van der Waals surface area contributed by atoms with Gasteiger partial charge in [0.2, 0.25) is 0 Å². The van der Waals surface area contributed by atoms with Crippen LogP contribution >= 0.6 is 0 Å². The van der Waals surface area contributed by atoms with Crippen LogP contribution in [0.25, 0.3) is 5.65 Å². The molecule has 4 heteroatoms. The van der Waals surface area contributed by atoms with Crippen LogP contribution in [0.2, 0.25) is 0 Å². The molecule has 2 heterocycles. The maximum absolute atomic E-state index is 4.77. The van der Waals surface area contributed by atoms with Gasteiger partial charge in [-0.25, -0.2) is 4.98 Å². The van der Waals surface area contributed by atoms with Crippen molar-refractivity contribution in [1.82, 2.24) is 9.38 Å². The van der Waals surface area contributed by atoms with Crippen LogP contribution in [0.4, 0.5) is 11.5 Å². The Hall–Kier alpha value is -2.49. The lowest BCUT2D eigenvalue weighted by atomic mass is 9.92. The molecular weight excluding hydrogens is 296 g/mol. The van der Waals surface area contributed by atoms with Crippen LogP contribution in [-0.2, 0) is 11.8 Å². The second-order valence-electron chi connectivity index (χ2n) is 7.10. The Morgan fingerprint density at radius 2 is 1.83 bits per heavy atom. The molecule has 2 aromatic heterocycles. The fourth-order valence-electron chi connectivity index (χ4n) is 2.83. The van der Waals surface area contributed by atoms with Crippen molar-refractivity contribution < 1.29 is 0 Å². The van der Waals surface area contributed by atoms with Crippen LogP contribution in [0, 0.1) is 6.92 Å². The first-order valence-corrected chi connectivity index (χ1v) is 8.39. The van der Waals surface area contributed by atoms with Gasteiger partial charge < -0.3 is 0 Å². The first kappa shape index (κ1) is 16.4. The van der Waals surface area contributed by atoms with E-state index >= 15 is 0 Å². The fraction of sp³-hybridized carbons (Fsp3) is 0.350. The largest absolute Gasteiger partial charge is 0.283 e. The van der Waals surface area contributed by atoms with E-state index in [-0.39, 0.29) is 5.41 Å². The van der Waals surface area contributed by atoms with Gasteiger partial charge in [0.1, 0.15) is 5.65 Å². The topological polar surface area (TPSA) is 42.0 Å². The standard InChI is InChI=1S/C20H24N4/c1-6-15-11-9-10-14(2)17(15)22-23-19-18(20(3,4)5)21-16-12-7-8-13-24(16)19/h7-13H,6H2,1-5H3. The molecule has 124 valence electrons. The zero-order valence-corrected chi connectivity index (χ0v) is 15.0. The summed E-state index contributed by atoms with van der Waals surface area (Å²) in [4.78, 5) is 4.77. The third-order valence-electron chi connectivity index (χ3n) is 4.16. The van der Waals surface area contributed by atoms with E-state index < -0.39 is 0 Å². The summed E-state index contributed by atoms with van der Waals surface area (Å²) in [5.74, 6) is 0.809. The normalized spacial score (nSPS) is 12.4. The van der Waals surface area contributed by atoms with Crippen LogP contribution < -0.4 is 0 Å². The lowest BCUT2D eigenvalue weighted by Crippen LogP contribution is -2.11. The molecule has 0 spiro atoms. The molecule has 3 aromatic rings. The molecule has 4 nitrogen and oxygen atoms in total. The molecule has 0 saturated heterocycles. The van der Waals surface area contributed by atoms with Crippen molar-refractivity contribution in [2.24, 2.45) is 10.2 Å². The summed E-state index contributed by atoms with van der Waals surface area (Å²) in [6, 6.07) is 12.2. The van der Waals surface area contributed by atoms with E-state index in [1.807, 2.05) is 28.8 Å². The smallest absolute Gasteiger partial charge is 0.183 e. The number of fused-ring (bicyclic) bond motifs is 1. The van der Waals surface area contributed by atoms with Gasteiger partial charge in [-0.2, -0.15) is 0 Å². The fourth-order valence-corrected chi connectivity index (χ4v) is 2.83. The molecule has 0 amide bonds. The maximum atomic E-state index is 4.77. The van der Waals surface area contributed by atoms with Crippen molar-refractivity contribution in [1.29, 1.82) is 0 Å². The molecule has 0 atom stereocenters. The summed E-state index contributed by atoms with van der Waals surface area (Å²) in [6.45, 7) is 10.7. The number of imidazole rings is 1. The average molecular weight is 320 g/mol. The number of hydrogen-bond acceptors (Lipinski definition) is 3. The Morgan fingerprint density at radius 3 is 2.54 bits per heavy atom. The van der Waals surface area contributed by atoms with Gasteiger partial charge in [0.15, 0.2) is 5.82 Å². The van der Waals surface area contributed by atoms with Gasteiger partial charge in [0.25, 0.3) is 0 Å². The summed E-state index contributed by atoms with van der Waals surface area (Å²) >= 11 is 0. The van der Waals surface area contributed by atoms with Crippen LogP contribution in [-0.4, -0.2) is 9.38 Å². The highest BCUT2D eigenvalue weighted by Gasteiger charge is 2.24. The predicted octanol–water partition coefficient (Wildman–Crippen LogP) is 5.92. The number of rotatable bonds is 3. The van der Waals surface area contributed by atoms with Gasteiger partial charge >= 0.3 is 0 Å². The predicted molar refractivity (Wildman–Crippen MR) is 98.6 cm³/mol. The van der Waals surface area contributed by atoms with Crippen LogP contribution in [0.15, 0.2) is 52.8 Å². The maximum Gasteiger partial charge on any atom is 0.183 e. The van der Waals surface area contributed by atoms with Gasteiger partial charge in [-0.1, -0.05) is 52.0 Å². The Bertz CT molecular complexity index is 898. The highest BCUT2D eigenvalue weighted by atomic mass is 15.2. The summed E-state index contributed by atoms with van der Waals surface area (Å²) < 4.78 is 2.01. The minimum atomic E-state index is -0.0975. The quantitative estimate of drug-likeness (QED) is 0.552. The van der Waals surface area contributed by atoms with Crippen LogP contribution in [0.3, 0.4) is 0 Å². The lowest BCUT2D eigenvalue weighted by molar-refractivity contribution is 0.574. The summed E-state index contributed by atoms with van der Waals surface area (Å²) in [5, 5.41) is 9.23. The first-order chi connectivity index (χ1) is 11.4. The van der Waals surface area contributed by atoms with Gasteiger partial charge in [-0.3, -0.25) is 4.40 Å². The molecule has 0 aliphatic carbocycles. The van der Waals surface area contributed by atoms with Crippen LogP contribution in [0.1, 0.15) is 44.5 Å². The van der Waals surface area contributed by atoms with E-state index in [4.69, 9.17) is 4.98 Å². The molecule has 0 aliphatic heterocycles. The monoisotopic (exact) mass is 320 g/mol. The molecule has 0 aliphatic rings. The number of hydrogen-bond donors (Lipinski definition) is 0. The molecule has 0 bridgehead atoms. The van der Waals surface area contributed by atoms with Crippen molar-refractivity contribution in [2.75, 3.05) is 0 Å². The number of aryl methyl sites for hydroxylation is 2. The lowest BCUT2D eigenvalue weighted by Gasteiger charge is -2.15. The second-order valence-corrected chi connectivity index (χ2v) is 7.10. The van der Waals surface area contributed by atoms with E-state index in [0.717, 1.165) is 34.8 Å². The highest BCUT2D eigenvalue weighted by molar-refractivity contribution is 5.56. The second kappa shape index (κ2) is 6.19. The number of pyridine rings is 1. The van der Waals surface area contributed by atoms with Gasteiger partial charge in [0.05, 0.1) is 11.4 Å². The van der Waals surface area contributed by atoms with Gasteiger partial charge in [0, 0.05) is 11.6 Å². The Labute approximate surface area is 143 Å². The minimum absolute atomic E-state index is 0.0975. The van der Waals surface area contributed by atoms with Crippen molar-refractivity contribution in [2.45, 2.75) is 46.5 Å². The van der Waals surface area contributed by atoms with E-state index in [1.165, 1.54) is 5.56 Å². The third-order valence-corrected chi connectivity index (χ3v) is 4.16. The van der Waals surface area contributed by atoms with E-state index in [9.17, 15) is 0 Å². The summed E-state index contributed by atoms with van der Waals surface area (Å²) in [6.07, 6.45) is 2.93. The van der Waals surface area contributed by atoms with E-state index in [1.54, 1.807) is 0 Å². The summed E-state index contributed by atoms with van der Waals surface area (Å²) in [5.41, 5.74) is 5.08. The molecule has 3 rings (SSSR count). The molecule has 0 saturated carbocycles. The molecule has 1 aromatic carbocycles. The van der Waals surface area contributed by atoms with Crippen molar-refractivity contribution in [3.63, 3.8) is 0 Å². The first-order valence-electron chi connectivity index (χ1n) is 8.39. The zero-order valence-electron chi connectivity index (χ0n) is 15.0. The number of aromatic nitrogens is 2. The Kier molecular flexibility index (Phi) is 4.22. The summed E-state index contributed by atoms with van der Waals surface area (Å²) in [7, 11) is 0. The SMILES string of the molecule is CCc1cccc(C)c1N=Nc1c(C(C)(C)C)nc2ccccn12. The number of nitrogens with zero attached hydrogens (tertiary/aromatic N) is 4. The Morgan fingerprint density at radius 1 is 1.04 bits per heavy atom. The number of benzene rings is 1. The zero-order chi connectivity index (χ0) is 17.3. The molecule has 0 fully saturated rings. The highest BCUT2D eigenvalue weighted by Crippen LogP contribution is 2.34. The minimum Gasteiger partial charge on any atom is -0.283 e. The van der Waals surface area contributed by atoms with Gasteiger partial charge in [-0.15, -0.1) is 10.2 Å². The van der Waals surface area contributed by atoms with Crippen molar-refractivity contribution in [3.05, 3.63) is 59.4 Å². The molecular formula is C20H24N4. The molecule has 0 unspecified atom stereocenters. The molecule has 0 radical (unpaired) electrons. The molecule has 24 heavy (non-hydrogen) atoms.